The lowest BCUT2D eigenvalue weighted by Crippen LogP contribution is -2.43. The Morgan fingerprint density at radius 3 is 2.44 bits per heavy atom. The highest BCUT2D eigenvalue weighted by Gasteiger charge is 2.34. The van der Waals surface area contributed by atoms with E-state index in [0.717, 1.165) is 0 Å². The summed E-state index contributed by atoms with van der Waals surface area (Å²) in [6.45, 7) is 1.73. The molecule has 2 rings (SSSR count). The van der Waals surface area contributed by atoms with E-state index >= 15 is 0 Å². The highest BCUT2D eigenvalue weighted by atomic mass is 32.2. The summed E-state index contributed by atoms with van der Waals surface area (Å²) in [6.07, 6.45) is 0.402. The van der Waals surface area contributed by atoms with E-state index in [1.165, 1.54) is 19.1 Å². The van der Waals surface area contributed by atoms with Gasteiger partial charge >= 0.3 is 5.97 Å². The third-order valence-corrected chi connectivity index (χ3v) is 6.21. The van der Waals surface area contributed by atoms with Crippen molar-refractivity contribution in [1.82, 2.24) is 4.90 Å². The zero-order valence-electron chi connectivity index (χ0n) is 15.8. The van der Waals surface area contributed by atoms with Crippen LogP contribution in [0.4, 0.5) is 0 Å². The van der Waals surface area contributed by atoms with Crippen LogP contribution in [0.2, 0.25) is 0 Å². The second kappa shape index (κ2) is 9.07. The molecule has 9 heteroatoms. The van der Waals surface area contributed by atoms with Gasteiger partial charge < -0.3 is 19.1 Å². The van der Waals surface area contributed by atoms with Crippen LogP contribution in [0.1, 0.15) is 18.9 Å². The van der Waals surface area contributed by atoms with Crippen molar-refractivity contribution >= 4 is 21.7 Å². The van der Waals surface area contributed by atoms with Crippen LogP contribution in [0.3, 0.4) is 0 Å². The van der Waals surface area contributed by atoms with Gasteiger partial charge in [0, 0.05) is 12.6 Å². The minimum Gasteiger partial charge on any atom is -0.493 e. The number of rotatable bonds is 8. The van der Waals surface area contributed by atoms with Crippen LogP contribution in [0, 0.1) is 0 Å². The van der Waals surface area contributed by atoms with E-state index < -0.39 is 22.4 Å². The summed E-state index contributed by atoms with van der Waals surface area (Å²) < 4.78 is 38.6. The fourth-order valence-corrected chi connectivity index (χ4v) is 4.82. The van der Waals surface area contributed by atoms with Crippen molar-refractivity contribution in [3.05, 3.63) is 23.8 Å². The van der Waals surface area contributed by atoms with Crippen LogP contribution in [0.25, 0.3) is 0 Å². The van der Waals surface area contributed by atoms with E-state index in [4.69, 9.17) is 14.2 Å². The zero-order chi connectivity index (χ0) is 20.0. The molecular formula is C18H25NO7S. The van der Waals surface area contributed by atoms with Crippen LogP contribution in [0.15, 0.2) is 18.2 Å². The molecule has 0 radical (unpaired) electrons. The van der Waals surface area contributed by atoms with E-state index in [1.807, 2.05) is 0 Å². The maximum atomic E-state index is 12.3. The molecule has 0 unspecified atom stereocenters. The Morgan fingerprint density at radius 2 is 1.89 bits per heavy atom. The molecule has 1 atom stereocenters. The lowest BCUT2D eigenvalue weighted by molar-refractivity contribution is -0.152. The minimum atomic E-state index is -3.09. The SMILES string of the molecule is CCN(C(=O)COC(=O)Cc1ccc(OC)c(OC)c1)[C@@H]1CCS(=O)(=O)C1. The molecule has 1 saturated heterocycles. The van der Waals surface area contributed by atoms with Gasteiger partial charge in [0.05, 0.1) is 32.1 Å². The third kappa shape index (κ3) is 5.59. The average molecular weight is 399 g/mol. The summed E-state index contributed by atoms with van der Waals surface area (Å²) in [5.41, 5.74) is 0.666. The third-order valence-electron chi connectivity index (χ3n) is 4.46. The number of nitrogens with zero attached hydrogens (tertiary/aromatic N) is 1. The van der Waals surface area contributed by atoms with Crippen molar-refractivity contribution < 1.29 is 32.2 Å². The molecule has 0 aromatic heterocycles. The number of likely N-dealkylation sites (N-methyl/N-ethyl adjacent to an activating group) is 1. The smallest absolute Gasteiger partial charge is 0.310 e. The lowest BCUT2D eigenvalue weighted by Gasteiger charge is -2.26. The number of amides is 1. The Hall–Kier alpha value is -2.29. The van der Waals surface area contributed by atoms with Gasteiger partial charge in [0.2, 0.25) is 0 Å². The minimum absolute atomic E-state index is 0.0163. The van der Waals surface area contributed by atoms with Gasteiger partial charge in [-0.1, -0.05) is 6.07 Å². The van der Waals surface area contributed by atoms with E-state index in [-0.39, 0.29) is 29.9 Å². The number of hydrogen-bond acceptors (Lipinski definition) is 7. The molecule has 0 saturated carbocycles. The Morgan fingerprint density at radius 1 is 1.19 bits per heavy atom. The molecule has 1 amide bonds. The average Bonchev–Trinajstić information content (AvgIpc) is 3.00. The van der Waals surface area contributed by atoms with E-state index in [0.29, 0.717) is 30.0 Å². The van der Waals surface area contributed by atoms with Gasteiger partial charge in [-0.15, -0.1) is 0 Å². The van der Waals surface area contributed by atoms with Crippen LogP contribution >= 0.6 is 0 Å². The molecule has 0 N–H and O–H groups in total. The second-order valence-corrected chi connectivity index (χ2v) is 8.49. The van der Waals surface area contributed by atoms with Crippen molar-refractivity contribution in [2.45, 2.75) is 25.8 Å². The number of carbonyl (C=O) groups excluding carboxylic acids is 2. The Bertz CT molecular complexity index is 791. The zero-order valence-corrected chi connectivity index (χ0v) is 16.6. The second-order valence-electron chi connectivity index (χ2n) is 6.26. The molecular weight excluding hydrogens is 374 g/mol. The fourth-order valence-electron chi connectivity index (χ4n) is 3.09. The summed E-state index contributed by atoms with van der Waals surface area (Å²) in [5.74, 6) is 0.159. The van der Waals surface area contributed by atoms with Gasteiger partial charge in [0.15, 0.2) is 27.9 Å². The van der Waals surface area contributed by atoms with E-state index in [2.05, 4.69) is 0 Å². The number of sulfone groups is 1. The number of benzene rings is 1. The molecule has 1 fully saturated rings. The summed E-state index contributed by atoms with van der Waals surface area (Å²) in [6, 6.07) is 4.72. The molecule has 1 aliphatic rings. The van der Waals surface area contributed by atoms with Crippen LogP contribution in [0.5, 0.6) is 11.5 Å². The number of ether oxygens (including phenoxy) is 3. The normalized spacial score (nSPS) is 18.0. The van der Waals surface area contributed by atoms with Crippen molar-refractivity contribution in [1.29, 1.82) is 0 Å². The standard InChI is InChI=1S/C18H25NO7S/c1-4-19(14-7-8-27(22,23)12-14)17(20)11-26-18(21)10-13-5-6-15(24-2)16(9-13)25-3/h5-6,9,14H,4,7-8,10-12H2,1-3H3/t14-/m1/s1. The summed E-state index contributed by atoms with van der Waals surface area (Å²) in [5, 5.41) is 0. The maximum absolute atomic E-state index is 12.3. The number of hydrogen-bond donors (Lipinski definition) is 0. The van der Waals surface area contributed by atoms with Gasteiger partial charge in [0.25, 0.3) is 5.91 Å². The number of methoxy groups -OCH3 is 2. The lowest BCUT2D eigenvalue weighted by atomic mass is 10.1. The Labute approximate surface area is 159 Å². The monoisotopic (exact) mass is 399 g/mol. The van der Waals surface area contributed by atoms with Crippen molar-refractivity contribution in [3.8, 4) is 11.5 Å². The molecule has 1 aliphatic heterocycles. The van der Waals surface area contributed by atoms with E-state index in [1.54, 1.807) is 25.1 Å². The number of esters is 1. The molecule has 27 heavy (non-hydrogen) atoms. The van der Waals surface area contributed by atoms with Crippen molar-refractivity contribution in [2.75, 3.05) is 38.9 Å². The van der Waals surface area contributed by atoms with Gasteiger partial charge in [0.1, 0.15) is 0 Å². The highest BCUT2D eigenvalue weighted by molar-refractivity contribution is 7.91. The number of carbonyl (C=O) groups is 2. The maximum Gasteiger partial charge on any atom is 0.310 e. The molecule has 150 valence electrons. The molecule has 8 nitrogen and oxygen atoms in total. The Balaban J connectivity index is 1.90. The van der Waals surface area contributed by atoms with Crippen LogP contribution < -0.4 is 9.47 Å². The molecule has 0 bridgehead atoms. The molecule has 1 heterocycles. The summed E-state index contributed by atoms with van der Waals surface area (Å²) >= 11 is 0. The van der Waals surface area contributed by atoms with Gasteiger partial charge in [-0.05, 0) is 31.0 Å². The first-order valence-electron chi connectivity index (χ1n) is 8.66. The summed E-state index contributed by atoms with van der Waals surface area (Å²) in [7, 11) is -0.0707. The first-order valence-corrected chi connectivity index (χ1v) is 10.5. The fraction of sp³-hybridized carbons (Fsp3) is 0.556. The first kappa shape index (κ1) is 21.0. The van der Waals surface area contributed by atoms with E-state index in [9.17, 15) is 18.0 Å². The van der Waals surface area contributed by atoms with Crippen molar-refractivity contribution in [2.24, 2.45) is 0 Å². The molecule has 1 aromatic carbocycles. The predicted molar refractivity (Wildman–Crippen MR) is 98.7 cm³/mol. The van der Waals surface area contributed by atoms with Gasteiger partial charge in [-0.25, -0.2) is 8.42 Å². The largest absolute Gasteiger partial charge is 0.493 e. The first-order chi connectivity index (χ1) is 12.8. The molecule has 0 aliphatic carbocycles. The Kier molecular flexibility index (Phi) is 7.06. The van der Waals surface area contributed by atoms with Crippen molar-refractivity contribution in [3.63, 3.8) is 0 Å². The highest BCUT2D eigenvalue weighted by Crippen LogP contribution is 2.27. The summed E-state index contributed by atoms with van der Waals surface area (Å²) in [4.78, 5) is 25.8. The quantitative estimate of drug-likeness (QED) is 0.597. The van der Waals surface area contributed by atoms with Crippen LogP contribution in [-0.2, 0) is 30.6 Å². The predicted octanol–water partition coefficient (Wildman–Crippen LogP) is 0.825. The van der Waals surface area contributed by atoms with Gasteiger partial charge in [-0.3, -0.25) is 9.59 Å². The molecule has 1 aromatic rings. The topological polar surface area (TPSA) is 99.2 Å². The van der Waals surface area contributed by atoms with Crippen LogP contribution in [-0.4, -0.2) is 70.1 Å². The van der Waals surface area contributed by atoms with Gasteiger partial charge in [-0.2, -0.15) is 0 Å². The molecule has 0 spiro atoms.